The first-order valence-corrected chi connectivity index (χ1v) is 12.3. The highest BCUT2D eigenvalue weighted by atomic mass is 16.1. The predicted molar refractivity (Wildman–Crippen MR) is 130 cm³/mol. The second-order valence-electron chi connectivity index (χ2n) is 9.32. The Morgan fingerprint density at radius 1 is 0.909 bits per heavy atom. The summed E-state index contributed by atoms with van der Waals surface area (Å²) in [6.07, 6.45) is 7.74. The Labute approximate surface area is 194 Å². The lowest BCUT2D eigenvalue weighted by molar-refractivity contribution is 0.0951. The molecule has 2 aliphatic rings. The van der Waals surface area contributed by atoms with E-state index >= 15 is 0 Å². The number of likely N-dealkylation sites (tertiary alicyclic amines) is 1. The number of rotatable bonds is 5. The molecule has 0 atom stereocenters. The van der Waals surface area contributed by atoms with Crippen LogP contribution in [-0.2, 0) is 26.1 Å². The zero-order valence-corrected chi connectivity index (χ0v) is 19.2. The summed E-state index contributed by atoms with van der Waals surface area (Å²) < 4.78 is 1.83. The minimum absolute atomic E-state index is 0.0136. The third-order valence-corrected chi connectivity index (χ3v) is 6.98. The molecule has 0 bridgehead atoms. The Morgan fingerprint density at radius 2 is 1.67 bits per heavy atom. The predicted octanol–water partition coefficient (Wildman–Crippen LogP) is 4.04. The van der Waals surface area contributed by atoms with Gasteiger partial charge in [0.25, 0.3) is 11.5 Å². The second kappa shape index (κ2) is 9.87. The van der Waals surface area contributed by atoms with E-state index in [4.69, 9.17) is 4.98 Å². The largest absolute Gasteiger partial charge is 0.348 e. The number of aryl methyl sites for hydroxylation is 1. The van der Waals surface area contributed by atoms with Crippen molar-refractivity contribution in [2.75, 3.05) is 13.1 Å². The quantitative estimate of drug-likeness (QED) is 0.645. The van der Waals surface area contributed by atoms with Crippen LogP contribution in [0.1, 0.15) is 65.8 Å². The number of nitrogens with one attached hydrogen (secondary N) is 1. The minimum Gasteiger partial charge on any atom is -0.348 e. The first-order chi connectivity index (χ1) is 16.2. The van der Waals surface area contributed by atoms with Crippen LogP contribution in [0.5, 0.6) is 0 Å². The van der Waals surface area contributed by atoms with E-state index in [0.29, 0.717) is 23.0 Å². The lowest BCUT2D eigenvalue weighted by Crippen LogP contribution is -2.27. The third kappa shape index (κ3) is 4.86. The Kier molecular flexibility index (Phi) is 6.53. The molecule has 1 aromatic heterocycles. The molecule has 1 N–H and O–H groups in total. The first kappa shape index (κ1) is 21.8. The van der Waals surface area contributed by atoms with Crippen LogP contribution < -0.4 is 10.9 Å². The molecular weight excluding hydrogens is 412 g/mol. The summed E-state index contributed by atoms with van der Waals surface area (Å²) in [6, 6.07) is 13.6. The van der Waals surface area contributed by atoms with E-state index in [1.54, 1.807) is 18.2 Å². The molecule has 3 aromatic rings. The van der Waals surface area contributed by atoms with Crippen molar-refractivity contribution in [3.63, 3.8) is 0 Å². The summed E-state index contributed by atoms with van der Waals surface area (Å²) >= 11 is 0. The number of hydrogen-bond donors (Lipinski definition) is 1. The summed E-state index contributed by atoms with van der Waals surface area (Å²) in [7, 11) is 0. The maximum Gasteiger partial charge on any atom is 0.261 e. The number of carbonyl (C=O) groups is 1. The van der Waals surface area contributed by atoms with Crippen molar-refractivity contribution in [2.45, 2.75) is 64.6 Å². The Morgan fingerprint density at radius 3 is 2.52 bits per heavy atom. The molecule has 1 saturated heterocycles. The smallest absolute Gasteiger partial charge is 0.261 e. The second-order valence-corrected chi connectivity index (χ2v) is 9.32. The molecule has 172 valence electrons. The van der Waals surface area contributed by atoms with Gasteiger partial charge in [0.2, 0.25) is 0 Å². The van der Waals surface area contributed by atoms with Gasteiger partial charge in [-0.1, -0.05) is 37.1 Å². The molecule has 6 heteroatoms. The Balaban J connectivity index is 1.34. The summed E-state index contributed by atoms with van der Waals surface area (Å²) in [5.74, 6) is 0.710. The van der Waals surface area contributed by atoms with Gasteiger partial charge in [0.15, 0.2) is 0 Å². The van der Waals surface area contributed by atoms with E-state index in [1.807, 2.05) is 10.6 Å². The number of aromatic nitrogens is 2. The van der Waals surface area contributed by atoms with Crippen LogP contribution in [-0.4, -0.2) is 33.4 Å². The van der Waals surface area contributed by atoms with Crippen LogP contribution in [0.4, 0.5) is 0 Å². The topological polar surface area (TPSA) is 67.2 Å². The van der Waals surface area contributed by atoms with Gasteiger partial charge in [-0.15, -0.1) is 0 Å². The van der Waals surface area contributed by atoms with Crippen LogP contribution in [0.2, 0.25) is 0 Å². The molecule has 5 rings (SSSR count). The molecule has 0 unspecified atom stereocenters. The molecule has 0 radical (unpaired) electrons. The highest BCUT2D eigenvalue weighted by Gasteiger charge is 2.16. The van der Waals surface area contributed by atoms with E-state index in [9.17, 15) is 9.59 Å². The molecule has 0 aliphatic carbocycles. The summed E-state index contributed by atoms with van der Waals surface area (Å²) in [6.45, 7) is 4.45. The molecule has 0 spiro atoms. The lowest BCUT2D eigenvalue weighted by atomic mass is 10.1. The van der Waals surface area contributed by atoms with Crippen molar-refractivity contribution in [3.8, 4) is 0 Å². The minimum atomic E-state index is -0.137. The van der Waals surface area contributed by atoms with Crippen LogP contribution in [0, 0.1) is 0 Å². The van der Waals surface area contributed by atoms with E-state index in [2.05, 4.69) is 28.4 Å². The highest BCUT2D eigenvalue weighted by Crippen LogP contribution is 2.18. The maximum atomic E-state index is 13.0. The maximum absolute atomic E-state index is 13.0. The van der Waals surface area contributed by atoms with E-state index in [0.717, 1.165) is 63.3 Å². The van der Waals surface area contributed by atoms with E-state index < -0.39 is 0 Å². The van der Waals surface area contributed by atoms with Crippen molar-refractivity contribution in [2.24, 2.45) is 0 Å². The first-order valence-electron chi connectivity index (χ1n) is 12.3. The molecule has 1 amide bonds. The molecule has 0 saturated carbocycles. The third-order valence-electron chi connectivity index (χ3n) is 6.98. The average molecular weight is 445 g/mol. The van der Waals surface area contributed by atoms with Gasteiger partial charge in [-0.05, 0) is 68.1 Å². The fraction of sp³-hybridized carbons (Fsp3) is 0.444. The van der Waals surface area contributed by atoms with Gasteiger partial charge in [-0.3, -0.25) is 19.1 Å². The molecule has 2 aromatic carbocycles. The number of hydrogen-bond acceptors (Lipinski definition) is 4. The van der Waals surface area contributed by atoms with Crippen molar-refractivity contribution in [1.82, 2.24) is 19.8 Å². The fourth-order valence-electron chi connectivity index (χ4n) is 5.08. The van der Waals surface area contributed by atoms with Crippen LogP contribution >= 0.6 is 0 Å². The molecule has 1 fully saturated rings. The molecule has 3 heterocycles. The number of fused-ring (bicyclic) bond motifs is 2. The van der Waals surface area contributed by atoms with Gasteiger partial charge in [0.05, 0.1) is 10.9 Å². The van der Waals surface area contributed by atoms with Gasteiger partial charge < -0.3 is 5.32 Å². The lowest BCUT2D eigenvalue weighted by Gasteiger charge is -2.18. The summed E-state index contributed by atoms with van der Waals surface area (Å²) in [4.78, 5) is 33.2. The monoisotopic (exact) mass is 444 g/mol. The number of nitrogens with zero attached hydrogens (tertiary/aromatic N) is 3. The Hall–Kier alpha value is -2.99. The molecule has 6 nitrogen and oxygen atoms in total. The number of carbonyl (C=O) groups excluding carboxylic acids is 1. The van der Waals surface area contributed by atoms with Crippen molar-refractivity contribution < 1.29 is 4.79 Å². The van der Waals surface area contributed by atoms with Crippen LogP contribution in [0.15, 0.2) is 47.3 Å². The summed E-state index contributed by atoms with van der Waals surface area (Å²) in [5, 5.41) is 3.66. The highest BCUT2D eigenvalue weighted by molar-refractivity contribution is 5.97. The Bertz CT molecular complexity index is 1210. The standard InChI is InChI=1S/C27H32N4O2/c32-26(28-18-21-9-4-5-10-22(21)19-30-14-7-8-15-30)20-12-13-23-24(17-20)29-25-11-3-1-2-6-16-31(25)27(23)33/h4-5,9-10,12-13,17H,1-3,6-8,11,14-16,18-19H2,(H,28,32). The van der Waals surface area contributed by atoms with Gasteiger partial charge in [-0.25, -0.2) is 4.98 Å². The molecular formula is C27H32N4O2. The zero-order chi connectivity index (χ0) is 22.6. The number of benzene rings is 2. The van der Waals surface area contributed by atoms with Gasteiger partial charge in [0.1, 0.15) is 5.82 Å². The normalized spacial score (nSPS) is 16.8. The number of amides is 1. The van der Waals surface area contributed by atoms with Crippen molar-refractivity contribution in [3.05, 3.63) is 75.3 Å². The average Bonchev–Trinajstić information content (AvgIpc) is 3.32. The van der Waals surface area contributed by atoms with Gasteiger partial charge in [0, 0.05) is 31.6 Å². The van der Waals surface area contributed by atoms with Crippen LogP contribution in [0.25, 0.3) is 10.9 Å². The fourth-order valence-corrected chi connectivity index (χ4v) is 5.08. The zero-order valence-electron chi connectivity index (χ0n) is 19.2. The van der Waals surface area contributed by atoms with Gasteiger partial charge in [-0.2, -0.15) is 0 Å². The SMILES string of the molecule is O=C(NCc1ccccc1CN1CCCC1)c1ccc2c(=O)n3c(nc2c1)CCCCCC3. The molecule has 2 aliphatic heterocycles. The van der Waals surface area contributed by atoms with Gasteiger partial charge >= 0.3 is 0 Å². The van der Waals surface area contributed by atoms with Crippen molar-refractivity contribution in [1.29, 1.82) is 0 Å². The van der Waals surface area contributed by atoms with Crippen LogP contribution in [0.3, 0.4) is 0 Å². The van der Waals surface area contributed by atoms with E-state index in [1.165, 1.54) is 24.8 Å². The van der Waals surface area contributed by atoms with E-state index in [-0.39, 0.29) is 11.5 Å². The molecule has 33 heavy (non-hydrogen) atoms. The summed E-state index contributed by atoms with van der Waals surface area (Å²) in [5.41, 5.74) is 3.60. The van der Waals surface area contributed by atoms with Crippen molar-refractivity contribution >= 4 is 16.8 Å².